The third kappa shape index (κ3) is 1.71. The van der Waals surface area contributed by atoms with Crippen molar-refractivity contribution in [2.75, 3.05) is 0 Å². The molecule has 0 nitrogen and oxygen atoms in total. The molecule has 0 saturated heterocycles. The maximum absolute atomic E-state index is 4.13. The number of hydrogen-bond donors (Lipinski definition) is 0. The maximum atomic E-state index is 4.13. The first-order valence-electron chi connectivity index (χ1n) is 6.06. The van der Waals surface area contributed by atoms with Crippen LogP contribution >= 0.6 is 0 Å². The quantitative estimate of drug-likeness (QED) is 0.549. The average molecular weight is 202 g/mol. The predicted octanol–water partition coefficient (Wildman–Crippen LogP) is 4.50. The number of hydrogen-bond acceptors (Lipinski definition) is 0. The van der Waals surface area contributed by atoms with Crippen LogP contribution in [0.15, 0.2) is 36.0 Å². The van der Waals surface area contributed by atoms with E-state index in [1.807, 2.05) is 0 Å². The molecule has 0 aliphatic heterocycles. The Labute approximate surface area is 93.8 Å². The molecule has 2 rings (SSSR count). The Balaban J connectivity index is 2.32. The summed E-state index contributed by atoms with van der Waals surface area (Å²) in [5.41, 5.74) is 3.32. The lowest BCUT2D eigenvalue weighted by molar-refractivity contribution is 0.194. The molecule has 3 atom stereocenters. The molecule has 0 spiro atoms. The van der Waals surface area contributed by atoms with Crippen LogP contribution in [0, 0.1) is 17.3 Å². The summed E-state index contributed by atoms with van der Waals surface area (Å²) in [7, 11) is 0. The molecule has 15 heavy (non-hydrogen) atoms. The highest BCUT2D eigenvalue weighted by Crippen LogP contribution is 2.50. The summed E-state index contributed by atoms with van der Waals surface area (Å²) in [4.78, 5) is 0. The lowest BCUT2D eigenvalue weighted by Gasteiger charge is -2.45. The molecule has 82 valence electrons. The molecule has 2 aliphatic rings. The molecule has 0 aromatic heterocycles. The van der Waals surface area contributed by atoms with Crippen molar-refractivity contribution in [2.24, 2.45) is 17.3 Å². The van der Waals surface area contributed by atoms with Crippen LogP contribution < -0.4 is 0 Å². The molecule has 0 bridgehead atoms. The molecule has 2 aliphatic carbocycles. The first-order valence-corrected chi connectivity index (χ1v) is 6.06. The van der Waals surface area contributed by atoms with E-state index in [2.05, 4.69) is 45.6 Å². The van der Waals surface area contributed by atoms with E-state index in [4.69, 9.17) is 0 Å². The first-order chi connectivity index (χ1) is 7.04. The van der Waals surface area contributed by atoms with Gasteiger partial charge in [0.1, 0.15) is 0 Å². The topological polar surface area (TPSA) is 0 Å². The second-order valence-corrected chi connectivity index (χ2v) is 5.60. The van der Waals surface area contributed by atoms with Gasteiger partial charge >= 0.3 is 0 Å². The zero-order valence-electron chi connectivity index (χ0n) is 10.2. The van der Waals surface area contributed by atoms with Gasteiger partial charge in [-0.3, -0.25) is 0 Å². The molecule has 0 amide bonds. The molecular weight excluding hydrogens is 180 g/mol. The van der Waals surface area contributed by atoms with E-state index in [0.717, 1.165) is 5.92 Å². The normalized spacial score (nSPS) is 39.5. The molecule has 0 radical (unpaired) electrons. The van der Waals surface area contributed by atoms with Gasteiger partial charge in [-0.05, 0) is 49.0 Å². The molecule has 0 saturated carbocycles. The van der Waals surface area contributed by atoms with Crippen molar-refractivity contribution in [3.8, 4) is 0 Å². The first kappa shape index (κ1) is 10.7. The minimum absolute atomic E-state index is 0.399. The number of rotatable bonds is 1. The van der Waals surface area contributed by atoms with Crippen LogP contribution in [0.25, 0.3) is 0 Å². The van der Waals surface area contributed by atoms with Crippen LogP contribution in [-0.2, 0) is 0 Å². The van der Waals surface area contributed by atoms with E-state index in [9.17, 15) is 0 Å². The lowest BCUT2D eigenvalue weighted by atomic mass is 9.60. The van der Waals surface area contributed by atoms with Crippen molar-refractivity contribution in [3.63, 3.8) is 0 Å². The van der Waals surface area contributed by atoms with Gasteiger partial charge in [0.25, 0.3) is 0 Å². The standard InChI is InChI=1S/C15H22/c1-11(2)13-8-9-14-7-5-6-12(3)15(14,4)10-13/h5,7,9,12-13H,1,6,8,10H2,2-4H3/t12-,13-,15-/m1/s1. The van der Waals surface area contributed by atoms with Crippen molar-refractivity contribution in [2.45, 2.75) is 40.0 Å². The predicted molar refractivity (Wildman–Crippen MR) is 66.6 cm³/mol. The smallest absolute Gasteiger partial charge is 0.00442 e. The number of fused-ring (bicyclic) bond motifs is 1. The SMILES string of the molecule is C=C(C)[C@@H]1CC=C2C=CC[C@@H](C)[C@@]2(C)C1. The molecule has 0 aromatic carbocycles. The summed E-state index contributed by atoms with van der Waals surface area (Å²) in [5.74, 6) is 1.48. The third-order valence-electron chi connectivity index (χ3n) is 4.52. The van der Waals surface area contributed by atoms with Crippen molar-refractivity contribution in [1.29, 1.82) is 0 Å². The van der Waals surface area contributed by atoms with E-state index < -0.39 is 0 Å². The van der Waals surface area contributed by atoms with Gasteiger partial charge in [-0.1, -0.05) is 44.2 Å². The van der Waals surface area contributed by atoms with Crippen molar-refractivity contribution < 1.29 is 0 Å². The molecular formula is C15H22. The van der Waals surface area contributed by atoms with Gasteiger partial charge in [0, 0.05) is 0 Å². The van der Waals surface area contributed by atoms with Crippen molar-refractivity contribution in [3.05, 3.63) is 36.0 Å². The Morgan fingerprint density at radius 2 is 2.20 bits per heavy atom. The second kappa shape index (κ2) is 3.66. The minimum atomic E-state index is 0.399. The zero-order valence-corrected chi connectivity index (χ0v) is 10.2. The van der Waals surface area contributed by atoms with Gasteiger partial charge < -0.3 is 0 Å². The Kier molecular flexibility index (Phi) is 2.62. The zero-order chi connectivity index (χ0) is 11.1. The highest BCUT2D eigenvalue weighted by atomic mass is 14.4. The Morgan fingerprint density at radius 1 is 1.47 bits per heavy atom. The molecule has 0 unspecified atom stereocenters. The molecule has 0 fully saturated rings. The van der Waals surface area contributed by atoms with Gasteiger partial charge in [0.2, 0.25) is 0 Å². The summed E-state index contributed by atoms with van der Waals surface area (Å²) in [5, 5.41) is 0. The summed E-state index contributed by atoms with van der Waals surface area (Å²) in [6.45, 7) is 11.1. The molecule has 0 heterocycles. The average Bonchev–Trinajstić information content (AvgIpc) is 2.19. The third-order valence-corrected chi connectivity index (χ3v) is 4.52. The molecule has 0 heteroatoms. The van der Waals surface area contributed by atoms with Crippen LogP contribution in [0.4, 0.5) is 0 Å². The van der Waals surface area contributed by atoms with Crippen LogP contribution in [0.5, 0.6) is 0 Å². The largest absolute Gasteiger partial charge is 0.0998 e. The Bertz CT molecular complexity index is 332. The van der Waals surface area contributed by atoms with E-state index in [1.165, 1.54) is 24.8 Å². The second-order valence-electron chi connectivity index (χ2n) is 5.60. The minimum Gasteiger partial charge on any atom is -0.0998 e. The Morgan fingerprint density at radius 3 is 2.87 bits per heavy atom. The summed E-state index contributed by atoms with van der Waals surface area (Å²) in [6.07, 6.45) is 10.8. The fourth-order valence-corrected chi connectivity index (χ4v) is 2.99. The van der Waals surface area contributed by atoms with Crippen molar-refractivity contribution in [1.82, 2.24) is 0 Å². The van der Waals surface area contributed by atoms with E-state index >= 15 is 0 Å². The van der Waals surface area contributed by atoms with Gasteiger partial charge in [0.05, 0.1) is 0 Å². The molecule has 0 aromatic rings. The van der Waals surface area contributed by atoms with E-state index in [1.54, 1.807) is 5.57 Å². The van der Waals surface area contributed by atoms with E-state index in [0.29, 0.717) is 11.3 Å². The van der Waals surface area contributed by atoms with Gasteiger partial charge in [-0.25, -0.2) is 0 Å². The number of allylic oxidation sites excluding steroid dienone is 5. The maximum Gasteiger partial charge on any atom is -0.00442 e. The van der Waals surface area contributed by atoms with Gasteiger partial charge in [-0.2, -0.15) is 0 Å². The summed E-state index contributed by atoms with van der Waals surface area (Å²) in [6, 6.07) is 0. The van der Waals surface area contributed by atoms with Gasteiger partial charge in [0.15, 0.2) is 0 Å². The van der Waals surface area contributed by atoms with Crippen molar-refractivity contribution >= 4 is 0 Å². The monoisotopic (exact) mass is 202 g/mol. The molecule has 0 N–H and O–H groups in total. The highest BCUT2D eigenvalue weighted by molar-refractivity contribution is 5.33. The highest BCUT2D eigenvalue weighted by Gasteiger charge is 2.39. The fraction of sp³-hybridized carbons (Fsp3) is 0.600. The van der Waals surface area contributed by atoms with Crippen LogP contribution in [0.3, 0.4) is 0 Å². The lowest BCUT2D eigenvalue weighted by Crippen LogP contribution is -2.34. The van der Waals surface area contributed by atoms with Crippen LogP contribution in [0.2, 0.25) is 0 Å². The fourth-order valence-electron chi connectivity index (χ4n) is 2.99. The summed E-state index contributed by atoms with van der Waals surface area (Å²) >= 11 is 0. The van der Waals surface area contributed by atoms with Crippen LogP contribution in [-0.4, -0.2) is 0 Å². The Hall–Kier alpha value is -0.780. The van der Waals surface area contributed by atoms with Gasteiger partial charge in [-0.15, -0.1) is 0 Å². The van der Waals surface area contributed by atoms with E-state index in [-0.39, 0.29) is 0 Å². The summed E-state index contributed by atoms with van der Waals surface area (Å²) < 4.78 is 0. The van der Waals surface area contributed by atoms with Crippen LogP contribution in [0.1, 0.15) is 40.0 Å².